The fraction of sp³-hybridized carbons (Fsp3) is 0.0800. The van der Waals surface area contributed by atoms with Gasteiger partial charge in [-0.2, -0.15) is 0 Å². The number of urea groups is 1. The van der Waals surface area contributed by atoms with Gasteiger partial charge in [0.15, 0.2) is 0 Å². The molecule has 3 aromatic carbocycles. The van der Waals surface area contributed by atoms with Crippen molar-refractivity contribution >= 4 is 57.1 Å². The minimum atomic E-state index is -0.822. The number of ether oxygens (including phenoxy) is 2. The molecule has 1 aliphatic heterocycles. The molecule has 0 spiro atoms. The summed E-state index contributed by atoms with van der Waals surface area (Å²) in [6, 6.07) is 19.7. The quantitative estimate of drug-likeness (QED) is 0.252. The van der Waals surface area contributed by atoms with E-state index < -0.39 is 17.8 Å². The third-order valence-corrected chi connectivity index (χ3v) is 5.57. The molecular weight excluding hydrogens is 524 g/mol. The van der Waals surface area contributed by atoms with Gasteiger partial charge in [0, 0.05) is 9.50 Å². The van der Waals surface area contributed by atoms with Crippen molar-refractivity contribution in [2.45, 2.75) is 0 Å². The molecule has 1 N–H and O–H groups in total. The fourth-order valence-electron chi connectivity index (χ4n) is 3.19. The predicted octanol–water partition coefficient (Wildman–Crippen LogP) is 5.23. The molecule has 1 fully saturated rings. The van der Waals surface area contributed by atoms with Gasteiger partial charge in [0.05, 0.1) is 5.69 Å². The fourth-order valence-corrected chi connectivity index (χ4v) is 3.58. The number of anilines is 1. The number of hydrogen-bond donors (Lipinski definition) is 1. The Kier molecular flexibility index (Phi) is 7.30. The van der Waals surface area contributed by atoms with Crippen LogP contribution in [0.5, 0.6) is 11.5 Å². The summed E-state index contributed by atoms with van der Waals surface area (Å²) in [4.78, 5) is 38.6. The lowest BCUT2D eigenvalue weighted by molar-refractivity contribution is -0.122. The van der Waals surface area contributed by atoms with E-state index in [0.717, 1.165) is 15.1 Å². The molecule has 4 rings (SSSR count). The summed E-state index contributed by atoms with van der Waals surface area (Å²) >= 11 is 9.26. The zero-order valence-corrected chi connectivity index (χ0v) is 20.0. The van der Waals surface area contributed by atoms with Crippen molar-refractivity contribution < 1.29 is 23.9 Å². The van der Waals surface area contributed by atoms with Crippen LogP contribution in [0.2, 0.25) is 5.02 Å². The summed E-state index contributed by atoms with van der Waals surface area (Å²) in [7, 11) is 0. The van der Waals surface area contributed by atoms with E-state index in [1.54, 1.807) is 36.4 Å². The third-order valence-electron chi connectivity index (χ3n) is 4.79. The van der Waals surface area contributed by atoms with Crippen LogP contribution in [0.15, 0.2) is 82.8 Å². The SMILES string of the molecule is O=C1NC(=O)N(c2ccc(Cl)cc2)C(=O)C1=Cc1cccc(OCCOc2ccc(Br)cc2)c1. The molecule has 172 valence electrons. The second-order valence-electron chi connectivity index (χ2n) is 7.16. The Morgan fingerprint density at radius 1 is 0.882 bits per heavy atom. The van der Waals surface area contributed by atoms with Crippen LogP contribution in [0.4, 0.5) is 10.5 Å². The largest absolute Gasteiger partial charge is 0.490 e. The lowest BCUT2D eigenvalue weighted by Crippen LogP contribution is -2.54. The van der Waals surface area contributed by atoms with E-state index in [4.69, 9.17) is 21.1 Å². The average Bonchev–Trinajstić information content (AvgIpc) is 2.82. The molecule has 3 aromatic rings. The van der Waals surface area contributed by atoms with Crippen LogP contribution in [-0.4, -0.2) is 31.1 Å². The van der Waals surface area contributed by atoms with E-state index in [1.807, 2.05) is 24.3 Å². The van der Waals surface area contributed by atoms with Crippen molar-refractivity contribution in [1.82, 2.24) is 5.32 Å². The van der Waals surface area contributed by atoms with E-state index in [9.17, 15) is 14.4 Å². The summed E-state index contributed by atoms with van der Waals surface area (Å²) in [6.45, 7) is 0.639. The van der Waals surface area contributed by atoms with Crippen LogP contribution in [-0.2, 0) is 9.59 Å². The molecule has 1 heterocycles. The van der Waals surface area contributed by atoms with Crippen LogP contribution in [0.1, 0.15) is 5.56 Å². The number of imide groups is 2. The van der Waals surface area contributed by atoms with Gasteiger partial charge >= 0.3 is 6.03 Å². The van der Waals surface area contributed by atoms with Gasteiger partial charge in [-0.05, 0) is 72.3 Å². The van der Waals surface area contributed by atoms with Crippen LogP contribution in [0.25, 0.3) is 6.08 Å². The number of benzene rings is 3. The molecule has 0 aliphatic carbocycles. The van der Waals surface area contributed by atoms with Crippen LogP contribution >= 0.6 is 27.5 Å². The van der Waals surface area contributed by atoms with Crippen molar-refractivity contribution in [1.29, 1.82) is 0 Å². The number of hydrogen-bond acceptors (Lipinski definition) is 5. The second-order valence-corrected chi connectivity index (χ2v) is 8.51. The van der Waals surface area contributed by atoms with Gasteiger partial charge in [-0.15, -0.1) is 0 Å². The molecule has 0 saturated carbocycles. The van der Waals surface area contributed by atoms with Crippen molar-refractivity contribution in [3.8, 4) is 11.5 Å². The van der Waals surface area contributed by atoms with E-state index in [1.165, 1.54) is 18.2 Å². The van der Waals surface area contributed by atoms with E-state index in [0.29, 0.717) is 35.2 Å². The molecule has 0 aromatic heterocycles. The third kappa shape index (κ3) is 5.65. The molecule has 1 aliphatic rings. The van der Waals surface area contributed by atoms with Crippen molar-refractivity contribution in [3.05, 3.63) is 93.4 Å². The Hall–Kier alpha value is -3.62. The first-order chi connectivity index (χ1) is 16.4. The van der Waals surface area contributed by atoms with Crippen molar-refractivity contribution in [3.63, 3.8) is 0 Å². The number of amides is 4. The highest BCUT2D eigenvalue weighted by molar-refractivity contribution is 9.10. The number of rotatable bonds is 7. The van der Waals surface area contributed by atoms with Gasteiger partial charge in [0.25, 0.3) is 11.8 Å². The highest BCUT2D eigenvalue weighted by atomic mass is 79.9. The van der Waals surface area contributed by atoms with Gasteiger partial charge in [0.2, 0.25) is 0 Å². The van der Waals surface area contributed by atoms with Crippen LogP contribution in [0, 0.1) is 0 Å². The van der Waals surface area contributed by atoms with Gasteiger partial charge < -0.3 is 9.47 Å². The first kappa shape index (κ1) is 23.5. The topological polar surface area (TPSA) is 84.9 Å². The Labute approximate surface area is 209 Å². The predicted molar refractivity (Wildman–Crippen MR) is 132 cm³/mol. The standard InChI is InChI=1S/C25H18BrClN2O5/c26-17-4-10-20(11-5-17)33-12-13-34-21-3-1-2-16(14-21)15-22-23(30)28-25(32)29(24(22)31)19-8-6-18(27)7-9-19/h1-11,14-15H,12-13H2,(H,28,30,32). The zero-order chi connectivity index (χ0) is 24.1. The normalized spacial score (nSPS) is 14.8. The zero-order valence-electron chi connectivity index (χ0n) is 17.7. The van der Waals surface area contributed by atoms with Gasteiger partial charge in [-0.25, -0.2) is 9.69 Å². The Balaban J connectivity index is 1.44. The monoisotopic (exact) mass is 540 g/mol. The maximum atomic E-state index is 13.0. The van der Waals surface area contributed by atoms with Crippen LogP contribution < -0.4 is 19.7 Å². The van der Waals surface area contributed by atoms with E-state index >= 15 is 0 Å². The molecule has 0 unspecified atom stereocenters. The van der Waals surface area contributed by atoms with E-state index in [2.05, 4.69) is 21.2 Å². The van der Waals surface area contributed by atoms with Gasteiger partial charge in [-0.1, -0.05) is 39.7 Å². The smallest absolute Gasteiger partial charge is 0.335 e. The summed E-state index contributed by atoms with van der Waals surface area (Å²) in [5.41, 5.74) is 0.689. The Bertz CT molecular complexity index is 1260. The number of carbonyl (C=O) groups is 3. The van der Waals surface area contributed by atoms with Crippen molar-refractivity contribution in [2.24, 2.45) is 0 Å². The summed E-state index contributed by atoms with van der Waals surface area (Å²) in [5, 5.41) is 2.65. The molecule has 4 amide bonds. The van der Waals surface area contributed by atoms with Gasteiger partial charge in [-0.3, -0.25) is 14.9 Å². The Morgan fingerprint density at radius 3 is 2.26 bits per heavy atom. The van der Waals surface area contributed by atoms with Crippen molar-refractivity contribution in [2.75, 3.05) is 18.1 Å². The first-order valence-corrected chi connectivity index (χ1v) is 11.4. The summed E-state index contributed by atoms with van der Waals surface area (Å²) in [6.07, 6.45) is 1.41. The number of halogens is 2. The second kappa shape index (κ2) is 10.5. The molecule has 7 nitrogen and oxygen atoms in total. The Morgan fingerprint density at radius 2 is 1.56 bits per heavy atom. The number of nitrogens with zero attached hydrogens (tertiary/aromatic N) is 1. The lowest BCUT2D eigenvalue weighted by atomic mass is 10.1. The summed E-state index contributed by atoms with van der Waals surface area (Å²) < 4.78 is 12.3. The number of carbonyl (C=O) groups excluding carboxylic acids is 3. The molecule has 9 heteroatoms. The summed E-state index contributed by atoms with van der Waals surface area (Å²) in [5.74, 6) is -0.227. The minimum Gasteiger partial charge on any atom is -0.490 e. The lowest BCUT2D eigenvalue weighted by Gasteiger charge is -2.26. The number of nitrogens with one attached hydrogen (secondary N) is 1. The molecule has 0 bridgehead atoms. The maximum absolute atomic E-state index is 13.0. The number of barbiturate groups is 1. The van der Waals surface area contributed by atoms with Crippen LogP contribution in [0.3, 0.4) is 0 Å². The molecule has 0 atom stereocenters. The minimum absolute atomic E-state index is 0.176. The average molecular weight is 542 g/mol. The molecule has 0 radical (unpaired) electrons. The van der Waals surface area contributed by atoms with E-state index in [-0.39, 0.29) is 5.57 Å². The first-order valence-electron chi connectivity index (χ1n) is 10.2. The molecular formula is C25H18BrClN2O5. The molecule has 1 saturated heterocycles. The highest BCUT2D eigenvalue weighted by Gasteiger charge is 2.36. The maximum Gasteiger partial charge on any atom is 0.335 e. The highest BCUT2D eigenvalue weighted by Crippen LogP contribution is 2.24. The molecule has 34 heavy (non-hydrogen) atoms. The van der Waals surface area contributed by atoms with Gasteiger partial charge in [0.1, 0.15) is 30.3 Å².